The van der Waals surface area contributed by atoms with E-state index in [1.807, 2.05) is 0 Å². The SMILES string of the molecule is CC(=O)OCc1ccc(S(C)(=O)=O)cc1NC(=O)c1ccccn1. The van der Waals surface area contributed by atoms with E-state index in [1.165, 1.54) is 37.4 Å². The molecule has 1 amide bonds. The van der Waals surface area contributed by atoms with E-state index in [-0.39, 0.29) is 22.9 Å². The van der Waals surface area contributed by atoms with E-state index >= 15 is 0 Å². The molecule has 1 N–H and O–H groups in total. The lowest BCUT2D eigenvalue weighted by molar-refractivity contribution is -0.142. The van der Waals surface area contributed by atoms with Crippen molar-refractivity contribution in [2.24, 2.45) is 0 Å². The third-order valence-electron chi connectivity index (χ3n) is 3.09. The lowest BCUT2D eigenvalue weighted by Gasteiger charge is -2.12. The van der Waals surface area contributed by atoms with Crippen LogP contribution < -0.4 is 5.32 Å². The zero-order valence-corrected chi connectivity index (χ0v) is 14.0. The third-order valence-corrected chi connectivity index (χ3v) is 4.20. The molecule has 0 aliphatic heterocycles. The molecule has 0 unspecified atom stereocenters. The van der Waals surface area contributed by atoms with Gasteiger partial charge in [-0.25, -0.2) is 8.42 Å². The molecule has 1 heterocycles. The van der Waals surface area contributed by atoms with Crippen molar-refractivity contribution in [3.8, 4) is 0 Å². The van der Waals surface area contributed by atoms with E-state index < -0.39 is 21.7 Å². The molecular formula is C16H16N2O5S. The van der Waals surface area contributed by atoms with Crippen LogP contribution in [0.5, 0.6) is 0 Å². The number of carbonyl (C=O) groups excluding carboxylic acids is 2. The second kappa shape index (κ2) is 7.22. The van der Waals surface area contributed by atoms with E-state index in [2.05, 4.69) is 10.3 Å². The first-order chi connectivity index (χ1) is 11.3. The molecule has 0 bridgehead atoms. The molecule has 126 valence electrons. The number of hydrogen-bond acceptors (Lipinski definition) is 6. The molecule has 0 fully saturated rings. The lowest BCUT2D eigenvalue weighted by atomic mass is 10.2. The monoisotopic (exact) mass is 348 g/mol. The number of pyridine rings is 1. The summed E-state index contributed by atoms with van der Waals surface area (Å²) in [6.45, 7) is 1.17. The summed E-state index contributed by atoms with van der Waals surface area (Å²) in [5.41, 5.74) is 0.900. The topological polar surface area (TPSA) is 102 Å². The van der Waals surface area contributed by atoms with Crippen molar-refractivity contribution < 1.29 is 22.7 Å². The van der Waals surface area contributed by atoms with Gasteiger partial charge in [-0.1, -0.05) is 12.1 Å². The van der Waals surface area contributed by atoms with Crippen LogP contribution >= 0.6 is 0 Å². The molecule has 1 aromatic heterocycles. The standard InChI is InChI=1S/C16H16N2O5S/c1-11(19)23-10-12-6-7-13(24(2,21)22)9-15(12)18-16(20)14-5-3-4-8-17-14/h3-9H,10H2,1-2H3,(H,18,20). The predicted molar refractivity (Wildman–Crippen MR) is 87.2 cm³/mol. The van der Waals surface area contributed by atoms with Crippen LogP contribution in [0.3, 0.4) is 0 Å². The minimum atomic E-state index is -3.45. The van der Waals surface area contributed by atoms with Crippen LogP contribution in [-0.4, -0.2) is 31.5 Å². The normalized spacial score (nSPS) is 10.9. The van der Waals surface area contributed by atoms with E-state index in [0.29, 0.717) is 5.56 Å². The second-order valence-corrected chi connectivity index (χ2v) is 7.06. The highest BCUT2D eigenvalue weighted by Gasteiger charge is 2.15. The smallest absolute Gasteiger partial charge is 0.302 e. The number of nitrogens with one attached hydrogen (secondary N) is 1. The molecule has 0 saturated carbocycles. The second-order valence-electron chi connectivity index (χ2n) is 5.04. The molecule has 24 heavy (non-hydrogen) atoms. The van der Waals surface area contributed by atoms with Gasteiger partial charge in [0.05, 0.1) is 4.90 Å². The van der Waals surface area contributed by atoms with Crippen molar-refractivity contribution >= 4 is 27.4 Å². The largest absolute Gasteiger partial charge is 0.461 e. The van der Waals surface area contributed by atoms with Crippen LogP contribution in [0.1, 0.15) is 23.0 Å². The summed E-state index contributed by atoms with van der Waals surface area (Å²) < 4.78 is 28.3. The first kappa shape index (κ1) is 17.6. The Morgan fingerprint density at radius 1 is 1.21 bits per heavy atom. The number of benzene rings is 1. The fourth-order valence-corrected chi connectivity index (χ4v) is 2.54. The van der Waals surface area contributed by atoms with Crippen molar-refractivity contribution in [1.82, 2.24) is 4.98 Å². The van der Waals surface area contributed by atoms with E-state index in [4.69, 9.17) is 4.74 Å². The number of anilines is 1. The summed E-state index contributed by atoms with van der Waals surface area (Å²) in [4.78, 5) is 27.2. The minimum absolute atomic E-state index is 0.0467. The number of hydrogen-bond donors (Lipinski definition) is 1. The fourth-order valence-electron chi connectivity index (χ4n) is 1.89. The molecule has 0 aliphatic rings. The van der Waals surface area contributed by atoms with Gasteiger partial charge in [0.15, 0.2) is 9.84 Å². The Labute approximate surface area is 139 Å². The maximum atomic E-state index is 12.2. The number of sulfone groups is 1. The third kappa shape index (κ3) is 4.63. The summed E-state index contributed by atoms with van der Waals surface area (Å²) in [6, 6.07) is 9.08. The van der Waals surface area contributed by atoms with Gasteiger partial charge < -0.3 is 10.1 Å². The van der Waals surface area contributed by atoms with Crippen LogP contribution in [0.2, 0.25) is 0 Å². The molecule has 0 radical (unpaired) electrons. The molecule has 7 nitrogen and oxygen atoms in total. The molecular weight excluding hydrogens is 332 g/mol. The maximum absolute atomic E-state index is 12.2. The Morgan fingerprint density at radius 2 is 1.96 bits per heavy atom. The summed E-state index contributed by atoms with van der Waals surface area (Å²) in [7, 11) is -3.45. The number of nitrogens with zero attached hydrogens (tertiary/aromatic N) is 1. The van der Waals surface area contributed by atoms with Gasteiger partial charge in [0.25, 0.3) is 5.91 Å². The van der Waals surface area contributed by atoms with Crippen molar-refractivity contribution in [1.29, 1.82) is 0 Å². The van der Waals surface area contributed by atoms with E-state index in [1.54, 1.807) is 12.1 Å². The number of carbonyl (C=O) groups is 2. The Bertz CT molecular complexity index is 863. The van der Waals surface area contributed by atoms with Crippen molar-refractivity contribution in [3.63, 3.8) is 0 Å². The van der Waals surface area contributed by atoms with Gasteiger partial charge in [-0.05, 0) is 24.3 Å². The number of amides is 1. The number of esters is 1. The molecule has 0 atom stereocenters. The van der Waals surface area contributed by atoms with Gasteiger partial charge in [0.1, 0.15) is 12.3 Å². The average molecular weight is 348 g/mol. The van der Waals surface area contributed by atoms with Crippen LogP contribution in [0.25, 0.3) is 0 Å². The molecule has 0 saturated heterocycles. The van der Waals surface area contributed by atoms with E-state index in [9.17, 15) is 18.0 Å². The van der Waals surface area contributed by atoms with Crippen LogP contribution in [0.4, 0.5) is 5.69 Å². The van der Waals surface area contributed by atoms with Crippen molar-refractivity contribution in [2.45, 2.75) is 18.4 Å². The number of aromatic nitrogens is 1. The van der Waals surface area contributed by atoms with Gasteiger partial charge in [-0.15, -0.1) is 0 Å². The Morgan fingerprint density at radius 3 is 2.54 bits per heavy atom. The summed E-state index contributed by atoms with van der Waals surface area (Å²) in [5, 5.41) is 2.61. The molecule has 8 heteroatoms. The zero-order chi connectivity index (χ0) is 17.7. The maximum Gasteiger partial charge on any atom is 0.302 e. The van der Waals surface area contributed by atoms with Gasteiger partial charge >= 0.3 is 5.97 Å². The van der Waals surface area contributed by atoms with Gasteiger partial charge in [-0.2, -0.15) is 0 Å². The highest BCUT2D eigenvalue weighted by atomic mass is 32.2. The first-order valence-electron chi connectivity index (χ1n) is 6.96. The molecule has 2 aromatic rings. The Balaban J connectivity index is 2.36. The summed E-state index contributed by atoms with van der Waals surface area (Å²) in [6.07, 6.45) is 2.54. The summed E-state index contributed by atoms with van der Waals surface area (Å²) >= 11 is 0. The van der Waals surface area contributed by atoms with Crippen molar-refractivity contribution in [2.75, 3.05) is 11.6 Å². The Hall–Kier alpha value is -2.74. The zero-order valence-electron chi connectivity index (χ0n) is 13.1. The Kier molecular flexibility index (Phi) is 5.30. The van der Waals surface area contributed by atoms with Crippen LogP contribution in [-0.2, 0) is 26.0 Å². The quantitative estimate of drug-likeness (QED) is 0.827. The minimum Gasteiger partial charge on any atom is -0.461 e. The van der Waals surface area contributed by atoms with Gasteiger partial charge in [-0.3, -0.25) is 14.6 Å². The number of ether oxygens (including phenoxy) is 1. The van der Waals surface area contributed by atoms with Gasteiger partial charge in [0.2, 0.25) is 0 Å². The average Bonchev–Trinajstić information content (AvgIpc) is 2.53. The first-order valence-corrected chi connectivity index (χ1v) is 8.85. The van der Waals surface area contributed by atoms with E-state index in [0.717, 1.165) is 6.26 Å². The van der Waals surface area contributed by atoms with Gasteiger partial charge in [0, 0.05) is 30.6 Å². The lowest BCUT2D eigenvalue weighted by Crippen LogP contribution is -2.16. The summed E-state index contributed by atoms with van der Waals surface area (Å²) in [5.74, 6) is -0.977. The molecule has 1 aromatic carbocycles. The number of rotatable bonds is 5. The molecule has 0 aliphatic carbocycles. The fraction of sp³-hybridized carbons (Fsp3) is 0.188. The highest BCUT2D eigenvalue weighted by Crippen LogP contribution is 2.22. The molecule has 0 spiro atoms. The highest BCUT2D eigenvalue weighted by molar-refractivity contribution is 7.90. The predicted octanol–water partition coefficient (Wildman–Crippen LogP) is 1.80. The van der Waals surface area contributed by atoms with Crippen molar-refractivity contribution in [3.05, 3.63) is 53.9 Å². The molecule has 2 rings (SSSR count). The van der Waals surface area contributed by atoms with Crippen LogP contribution in [0, 0.1) is 0 Å². The van der Waals surface area contributed by atoms with Crippen LogP contribution in [0.15, 0.2) is 47.5 Å².